The quantitative estimate of drug-likeness (QED) is 0.507. The van der Waals surface area contributed by atoms with Crippen LogP contribution in [0.2, 0.25) is 0 Å². The second-order valence-corrected chi connectivity index (χ2v) is 12.6. The van der Waals surface area contributed by atoms with E-state index < -0.39 is 76.0 Å². The second kappa shape index (κ2) is 9.90. The van der Waals surface area contributed by atoms with E-state index in [1.165, 1.54) is 21.1 Å². The van der Waals surface area contributed by atoms with Gasteiger partial charge in [0.15, 0.2) is 11.4 Å². The van der Waals surface area contributed by atoms with Gasteiger partial charge in [-0.1, -0.05) is 39.0 Å². The molecule has 0 amide bonds. The lowest BCUT2D eigenvalue weighted by Gasteiger charge is -2.67. The molecular formula is C31H40O10. The fourth-order valence-electron chi connectivity index (χ4n) is 8.17. The Morgan fingerprint density at radius 2 is 1.76 bits per heavy atom. The largest absolute Gasteiger partial charge is 0.493 e. The first kappa shape index (κ1) is 29.7. The minimum atomic E-state index is -1.93. The molecule has 10 nitrogen and oxygen atoms in total. The van der Waals surface area contributed by atoms with Gasteiger partial charge in [-0.2, -0.15) is 0 Å². The number of ketones is 1. The molecule has 0 aromatic heterocycles. The molecule has 1 unspecified atom stereocenters. The lowest BCUT2D eigenvalue weighted by Crippen LogP contribution is -2.81. The van der Waals surface area contributed by atoms with E-state index in [1.807, 2.05) is 0 Å². The van der Waals surface area contributed by atoms with Crippen molar-refractivity contribution in [1.82, 2.24) is 0 Å². The number of carbonyl (C=O) groups excluding carboxylic acids is 3. The molecule has 1 aliphatic heterocycles. The molecule has 2 N–H and O–H groups in total. The maximum Gasteiger partial charge on any atom is 0.338 e. The van der Waals surface area contributed by atoms with Gasteiger partial charge < -0.3 is 33.9 Å². The molecule has 4 aliphatic rings. The number of benzene rings is 1. The predicted octanol–water partition coefficient (Wildman–Crippen LogP) is 2.60. The van der Waals surface area contributed by atoms with Crippen LogP contribution in [0.25, 0.3) is 0 Å². The predicted molar refractivity (Wildman–Crippen MR) is 144 cm³/mol. The van der Waals surface area contributed by atoms with Crippen LogP contribution in [0.1, 0.15) is 57.8 Å². The Balaban J connectivity index is 1.86. The number of rotatable bonds is 5. The van der Waals surface area contributed by atoms with Gasteiger partial charge in [0.05, 0.1) is 42.8 Å². The average Bonchev–Trinajstić information content (AvgIpc) is 2.91. The third-order valence-electron chi connectivity index (χ3n) is 10.4. The van der Waals surface area contributed by atoms with E-state index in [2.05, 4.69) is 0 Å². The van der Waals surface area contributed by atoms with Crippen molar-refractivity contribution in [2.24, 2.45) is 22.7 Å². The lowest BCUT2D eigenvalue weighted by molar-refractivity contribution is -0.346. The third-order valence-corrected chi connectivity index (χ3v) is 10.4. The number of ether oxygens (including phenoxy) is 5. The summed E-state index contributed by atoms with van der Waals surface area (Å²) in [4.78, 5) is 41.2. The molecule has 1 saturated heterocycles. The fourth-order valence-corrected chi connectivity index (χ4v) is 8.17. The zero-order valence-electron chi connectivity index (χ0n) is 24.6. The molecule has 1 aromatic carbocycles. The van der Waals surface area contributed by atoms with Crippen LogP contribution >= 0.6 is 0 Å². The van der Waals surface area contributed by atoms with Gasteiger partial charge in [0.2, 0.25) is 5.78 Å². The van der Waals surface area contributed by atoms with Crippen LogP contribution < -0.4 is 0 Å². The van der Waals surface area contributed by atoms with Crippen LogP contribution in [0.3, 0.4) is 0 Å². The lowest BCUT2D eigenvalue weighted by atomic mass is 9.45. The number of aliphatic hydroxyl groups excluding tert-OH is 1. The Hall–Kier alpha value is -2.79. The zero-order valence-corrected chi connectivity index (χ0v) is 24.6. The van der Waals surface area contributed by atoms with Gasteiger partial charge in [-0.25, -0.2) is 4.79 Å². The van der Waals surface area contributed by atoms with Crippen LogP contribution in [0.15, 0.2) is 41.7 Å². The first-order chi connectivity index (χ1) is 19.2. The summed E-state index contributed by atoms with van der Waals surface area (Å²) >= 11 is 0. The molecular weight excluding hydrogens is 532 g/mol. The molecule has 0 spiro atoms. The normalized spacial score (nSPS) is 42.9. The molecule has 1 heterocycles. The second-order valence-electron chi connectivity index (χ2n) is 12.6. The Bertz CT molecular complexity index is 1270. The van der Waals surface area contributed by atoms with Crippen molar-refractivity contribution >= 4 is 17.7 Å². The van der Waals surface area contributed by atoms with Crippen molar-refractivity contribution in [3.63, 3.8) is 0 Å². The van der Waals surface area contributed by atoms with Gasteiger partial charge in [0.25, 0.3) is 0 Å². The molecule has 2 bridgehead atoms. The zero-order chi connectivity index (χ0) is 30.1. The molecule has 3 aliphatic carbocycles. The maximum atomic E-state index is 14.9. The van der Waals surface area contributed by atoms with E-state index in [4.69, 9.17) is 23.7 Å². The van der Waals surface area contributed by atoms with Crippen molar-refractivity contribution in [3.05, 3.63) is 47.2 Å². The minimum Gasteiger partial charge on any atom is -0.493 e. The number of esters is 2. The number of hydrogen-bond acceptors (Lipinski definition) is 10. The number of allylic oxidation sites excluding steroid dienone is 1. The molecule has 5 rings (SSSR count). The Kier molecular flexibility index (Phi) is 7.17. The number of methoxy groups -OCH3 is 2. The monoisotopic (exact) mass is 572 g/mol. The van der Waals surface area contributed by atoms with Crippen LogP contribution in [0.5, 0.6) is 0 Å². The van der Waals surface area contributed by atoms with E-state index in [-0.39, 0.29) is 30.8 Å². The van der Waals surface area contributed by atoms with Gasteiger partial charge in [0.1, 0.15) is 17.8 Å². The minimum absolute atomic E-state index is 0.0127. The fraction of sp³-hybridized carbons (Fsp3) is 0.645. The van der Waals surface area contributed by atoms with E-state index in [9.17, 15) is 24.6 Å². The highest BCUT2D eigenvalue weighted by atomic mass is 16.6. The highest BCUT2D eigenvalue weighted by molar-refractivity contribution is 6.00. The van der Waals surface area contributed by atoms with Gasteiger partial charge in [-0.15, -0.1) is 0 Å². The van der Waals surface area contributed by atoms with Gasteiger partial charge >= 0.3 is 11.9 Å². The van der Waals surface area contributed by atoms with Crippen LogP contribution in [-0.2, 0) is 33.3 Å². The topological polar surface area (TPSA) is 138 Å². The Morgan fingerprint density at radius 3 is 2.29 bits per heavy atom. The Morgan fingerprint density at radius 1 is 1.10 bits per heavy atom. The molecule has 9 atom stereocenters. The average molecular weight is 573 g/mol. The standard InChI is InChI=1S/C31H40O10/c1-16-19(33)14-31(36)26(40-27(35)18-11-9-8-10-12-18)24-29(5,25(34)23(38-7)22(16)28(31,3)4)20(37-6)13-21-30(24,15-39-21)41-17(2)32/h8-12,16,19-21,24,26,33,36H,13-15H2,1-7H3/b23-22+/t16?,19-,20-,21+,24-,26-,29+,30-,31+/m0/s1. The van der Waals surface area contributed by atoms with Gasteiger partial charge in [-0.05, 0) is 24.6 Å². The first-order valence-electron chi connectivity index (χ1n) is 14.0. The first-order valence-corrected chi connectivity index (χ1v) is 14.0. The summed E-state index contributed by atoms with van der Waals surface area (Å²) in [5, 5.41) is 24.2. The molecule has 1 aromatic rings. The molecule has 3 fully saturated rings. The summed E-state index contributed by atoms with van der Waals surface area (Å²) in [5.41, 5.74) is -5.43. The van der Waals surface area contributed by atoms with Crippen molar-refractivity contribution in [2.75, 3.05) is 20.8 Å². The van der Waals surface area contributed by atoms with Crippen molar-refractivity contribution in [2.45, 2.75) is 83.1 Å². The molecule has 0 radical (unpaired) electrons. The molecule has 2 saturated carbocycles. The smallest absolute Gasteiger partial charge is 0.338 e. The number of Topliss-reactive ketones (excluding diaryl/α,β-unsaturated/α-hetero) is 1. The van der Waals surface area contributed by atoms with E-state index in [0.29, 0.717) is 5.57 Å². The third kappa shape index (κ3) is 3.94. The summed E-state index contributed by atoms with van der Waals surface area (Å²) in [6.07, 6.45) is -3.94. The van der Waals surface area contributed by atoms with Crippen molar-refractivity contribution in [1.29, 1.82) is 0 Å². The van der Waals surface area contributed by atoms with Gasteiger partial charge in [-0.3, -0.25) is 9.59 Å². The highest BCUT2D eigenvalue weighted by Gasteiger charge is 2.78. The summed E-state index contributed by atoms with van der Waals surface area (Å²) in [7, 11) is 2.87. The number of hydrogen-bond donors (Lipinski definition) is 2. The summed E-state index contributed by atoms with van der Waals surface area (Å²) in [5.74, 6) is -3.45. The molecule has 41 heavy (non-hydrogen) atoms. The van der Waals surface area contributed by atoms with Crippen LogP contribution in [-0.4, -0.2) is 84.4 Å². The van der Waals surface area contributed by atoms with Crippen molar-refractivity contribution < 1.29 is 48.3 Å². The summed E-state index contributed by atoms with van der Waals surface area (Å²) < 4.78 is 30.0. The summed E-state index contributed by atoms with van der Waals surface area (Å²) in [6.45, 7) is 8.18. The van der Waals surface area contributed by atoms with Crippen LogP contribution in [0, 0.1) is 22.7 Å². The number of aliphatic hydroxyl groups is 2. The molecule has 10 heteroatoms. The SMILES string of the molecule is CO/C1=C2\C(C)[C@@H](O)C[C@@](O)([C@@H](OC(=O)c3ccccc3)[C@@H]3[C@]4(OC(C)=O)CO[C@@H]4C[C@H](OC)[C@@]3(C)C1=O)C2(C)C. The van der Waals surface area contributed by atoms with Gasteiger partial charge in [0, 0.05) is 38.2 Å². The highest BCUT2D eigenvalue weighted by Crippen LogP contribution is 2.65. The number of fused-ring (bicyclic) bond motifs is 5. The number of carbonyl (C=O) groups is 3. The Labute approximate surface area is 239 Å². The maximum absolute atomic E-state index is 14.9. The van der Waals surface area contributed by atoms with Crippen LogP contribution in [0.4, 0.5) is 0 Å². The van der Waals surface area contributed by atoms with E-state index >= 15 is 0 Å². The van der Waals surface area contributed by atoms with Crippen molar-refractivity contribution in [3.8, 4) is 0 Å². The molecule has 224 valence electrons. The van der Waals surface area contributed by atoms with E-state index in [0.717, 1.165) is 0 Å². The van der Waals surface area contributed by atoms with E-state index in [1.54, 1.807) is 58.0 Å². The summed E-state index contributed by atoms with van der Waals surface area (Å²) in [6, 6.07) is 8.32.